The van der Waals surface area contributed by atoms with E-state index in [1.807, 2.05) is 13.8 Å². The highest BCUT2D eigenvalue weighted by atomic mass is 16.4. The third kappa shape index (κ3) is 8.94. The van der Waals surface area contributed by atoms with Gasteiger partial charge in [-0.15, -0.1) is 0 Å². The van der Waals surface area contributed by atoms with Crippen LogP contribution in [0.3, 0.4) is 0 Å². The number of carboxylic acid groups (broad SMARTS) is 1. The van der Waals surface area contributed by atoms with Gasteiger partial charge in [0.1, 0.15) is 0 Å². The Bertz CT molecular complexity index is 220. The molecule has 0 saturated heterocycles. The van der Waals surface area contributed by atoms with E-state index in [4.69, 9.17) is 5.11 Å². The zero-order valence-corrected chi connectivity index (χ0v) is 11.2. The lowest BCUT2D eigenvalue weighted by Gasteiger charge is -2.25. The third-order valence-electron chi connectivity index (χ3n) is 2.40. The molecule has 0 aromatic heterocycles. The summed E-state index contributed by atoms with van der Waals surface area (Å²) in [7, 11) is 0. The normalized spacial score (nSPS) is 15.0. The van der Waals surface area contributed by atoms with E-state index in [9.17, 15) is 9.90 Å². The maximum absolute atomic E-state index is 10.6. The molecular formula is C12H26N2O3. The standard InChI is InChI=1S/C12H26N2O3/c1-8(2)5-10(14-12(16)17)11(15)7-13-6-9(3)4/h8-11,13-15H,5-7H2,1-4H3,(H,16,17). The first kappa shape index (κ1) is 16.2. The average Bonchev–Trinajstić information content (AvgIpc) is 2.14. The van der Waals surface area contributed by atoms with Gasteiger partial charge < -0.3 is 20.8 Å². The van der Waals surface area contributed by atoms with Crippen LogP contribution in [-0.2, 0) is 0 Å². The predicted octanol–water partition coefficient (Wildman–Crippen LogP) is 1.28. The summed E-state index contributed by atoms with van der Waals surface area (Å²) in [4.78, 5) is 10.6. The lowest BCUT2D eigenvalue weighted by atomic mass is 9.99. The fourth-order valence-electron chi connectivity index (χ4n) is 1.64. The number of nitrogens with one attached hydrogen (secondary N) is 2. The van der Waals surface area contributed by atoms with Crippen molar-refractivity contribution in [1.29, 1.82) is 0 Å². The van der Waals surface area contributed by atoms with Crippen LogP contribution >= 0.6 is 0 Å². The Hall–Kier alpha value is -0.810. The van der Waals surface area contributed by atoms with Crippen LogP contribution in [0.25, 0.3) is 0 Å². The van der Waals surface area contributed by atoms with Crippen LogP contribution in [0, 0.1) is 11.8 Å². The number of aliphatic hydroxyl groups excluding tert-OH is 1. The maximum Gasteiger partial charge on any atom is 0.404 e. The minimum Gasteiger partial charge on any atom is -0.465 e. The third-order valence-corrected chi connectivity index (χ3v) is 2.40. The van der Waals surface area contributed by atoms with Gasteiger partial charge in [-0.25, -0.2) is 4.79 Å². The Balaban J connectivity index is 4.11. The smallest absolute Gasteiger partial charge is 0.404 e. The van der Waals surface area contributed by atoms with Crippen LogP contribution < -0.4 is 10.6 Å². The molecule has 0 rings (SSSR count). The van der Waals surface area contributed by atoms with Gasteiger partial charge in [0.25, 0.3) is 0 Å². The molecule has 4 N–H and O–H groups in total. The van der Waals surface area contributed by atoms with E-state index in [0.717, 1.165) is 6.54 Å². The molecule has 0 aromatic carbocycles. The summed E-state index contributed by atoms with van der Waals surface area (Å²) in [5.74, 6) is 0.852. The molecule has 102 valence electrons. The lowest BCUT2D eigenvalue weighted by molar-refractivity contribution is 0.108. The molecule has 0 fully saturated rings. The Labute approximate surface area is 104 Å². The number of rotatable bonds is 8. The molecule has 5 heteroatoms. The lowest BCUT2D eigenvalue weighted by Crippen LogP contribution is -2.48. The number of amides is 1. The molecule has 1 amide bonds. The molecule has 0 radical (unpaired) electrons. The molecule has 0 aliphatic carbocycles. The van der Waals surface area contributed by atoms with Crippen LogP contribution in [0.1, 0.15) is 34.1 Å². The molecule has 0 aliphatic heterocycles. The van der Waals surface area contributed by atoms with Crippen molar-refractivity contribution in [2.75, 3.05) is 13.1 Å². The fourth-order valence-corrected chi connectivity index (χ4v) is 1.64. The highest BCUT2D eigenvalue weighted by molar-refractivity contribution is 5.64. The van der Waals surface area contributed by atoms with Crippen molar-refractivity contribution in [3.05, 3.63) is 0 Å². The highest BCUT2D eigenvalue weighted by Crippen LogP contribution is 2.08. The molecule has 0 heterocycles. The van der Waals surface area contributed by atoms with Crippen LogP contribution in [0.5, 0.6) is 0 Å². The first-order valence-electron chi connectivity index (χ1n) is 6.21. The number of hydrogen-bond donors (Lipinski definition) is 4. The summed E-state index contributed by atoms with van der Waals surface area (Å²) in [6, 6.07) is -0.410. The van der Waals surface area contributed by atoms with Crippen molar-refractivity contribution < 1.29 is 15.0 Å². The van der Waals surface area contributed by atoms with Gasteiger partial charge in [0, 0.05) is 6.54 Å². The number of carbonyl (C=O) groups is 1. The summed E-state index contributed by atoms with van der Waals surface area (Å²) in [6.07, 6.45) is -1.14. The van der Waals surface area contributed by atoms with Gasteiger partial charge in [0.15, 0.2) is 0 Å². The quantitative estimate of drug-likeness (QED) is 0.520. The van der Waals surface area contributed by atoms with E-state index in [-0.39, 0.29) is 0 Å². The fraction of sp³-hybridized carbons (Fsp3) is 0.917. The van der Waals surface area contributed by atoms with Gasteiger partial charge in [-0.3, -0.25) is 0 Å². The minimum absolute atomic E-state index is 0.339. The topological polar surface area (TPSA) is 81.6 Å². The van der Waals surface area contributed by atoms with Crippen molar-refractivity contribution in [1.82, 2.24) is 10.6 Å². The molecule has 0 saturated carbocycles. The highest BCUT2D eigenvalue weighted by Gasteiger charge is 2.21. The van der Waals surface area contributed by atoms with Crippen molar-refractivity contribution in [2.45, 2.75) is 46.3 Å². The van der Waals surface area contributed by atoms with Gasteiger partial charge >= 0.3 is 6.09 Å². The second-order valence-corrected chi connectivity index (χ2v) is 5.30. The van der Waals surface area contributed by atoms with Crippen LogP contribution in [0.15, 0.2) is 0 Å². The SMILES string of the molecule is CC(C)CNCC(O)C(CC(C)C)NC(=O)O. The summed E-state index contributed by atoms with van der Waals surface area (Å²) < 4.78 is 0. The Morgan fingerprint density at radius 1 is 1.12 bits per heavy atom. The van der Waals surface area contributed by atoms with E-state index in [2.05, 4.69) is 24.5 Å². The molecule has 0 aromatic rings. The zero-order chi connectivity index (χ0) is 13.4. The monoisotopic (exact) mass is 246 g/mol. The Kier molecular flexibility index (Phi) is 7.91. The van der Waals surface area contributed by atoms with Crippen molar-refractivity contribution in [2.24, 2.45) is 11.8 Å². The van der Waals surface area contributed by atoms with Crippen molar-refractivity contribution in [3.63, 3.8) is 0 Å². The van der Waals surface area contributed by atoms with Crippen molar-refractivity contribution in [3.8, 4) is 0 Å². The van der Waals surface area contributed by atoms with Crippen molar-refractivity contribution >= 4 is 6.09 Å². The van der Waals surface area contributed by atoms with E-state index < -0.39 is 18.2 Å². The van der Waals surface area contributed by atoms with Gasteiger partial charge in [-0.2, -0.15) is 0 Å². The number of aliphatic hydroxyl groups is 1. The van der Waals surface area contributed by atoms with Gasteiger partial charge in [0.2, 0.25) is 0 Å². The summed E-state index contributed by atoms with van der Waals surface area (Å²) in [5, 5.41) is 24.2. The number of hydrogen-bond acceptors (Lipinski definition) is 3. The summed E-state index contributed by atoms with van der Waals surface area (Å²) >= 11 is 0. The zero-order valence-electron chi connectivity index (χ0n) is 11.2. The largest absolute Gasteiger partial charge is 0.465 e. The maximum atomic E-state index is 10.6. The average molecular weight is 246 g/mol. The molecular weight excluding hydrogens is 220 g/mol. The Morgan fingerprint density at radius 3 is 2.12 bits per heavy atom. The van der Waals surface area contributed by atoms with Gasteiger partial charge in [0.05, 0.1) is 12.1 Å². The summed E-state index contributed by atoms with van der Waals surface area (Å²) in [5.41, 5.74) is 0. The molecule has 0 bridgehead atoms. The van der Waals surface area contributed by atoms with E-state index in [1.165, 1.54) is 0 Å². The van der Waals surface area contributed by atoms with E-state index in [1.54, 1.807) is 0 Å². The molecule has 0 spiro atoms. The van der Waals surface area contributed by atoms with Crippen LogP contribution in [0.2, 0.25) is 0 Å². The summed E-state index contributed by atoms with van der Waals surface area (Å²) in [6.45, 7) is 9.41. The Morgan fingerprint density at radius 2 is 1.71 bits per heavy atom. The van der Waals surface area contributed by atoms with Crippen LogP contribution in [0.4, 0.5) is 4.79 Å². The first-order chi connectivity index (χ1) is 7.82. The van der Waals surface area contributed by atoms with Crippen LogP contribution in [-0.4, -0.2) is 41.5 Å². The second kappa shape index (κ2) is 8.31. The second-order valence-electron chi connectivity index (χ2n) is 5.30. The molecule has 2 atom stereocenters. The van der Waals surface area contributed by atoms with Gasteiger partial charge in [-0.05, 0) is 24.8 Å². The van der Waals surface area contributed by atoms with E-state index in [0.29, 0.717) is 24.8 Å². The van der Waals surface area contributed by atoms with E-state index >= 15 is 0 Å². The van der Waals surface area contributed by atoms with Gasteiger partial charge in [-0.1, -0.05) is 27.7 Å². The molecule has 5 nitrogen and oxygen atoms in total. The minimum atomic E-state index is -1.08. The molecule has 17 heavy (non-hydrogen) atoms. The molecule has 2 unspecified atom stereocenters. The molecule has 0 aliphatic rings. The predicted molar refractivity (Wildman–Crippen MR) is 68.1 cm³/mol. The first-order valence-corrected chi connectivity index (χ1v) is 6.21.